The van der Waals surface area contributed by atoms with E-state index in [1.165, 1.54) is 17.7 Å². The van der Waals surface area contributed by atoms with Gasteiger partial charge in [-0.2, -0.15) is 0 Å². The van der Waals surface area contributed by atoms with E-state index in [1.54, 1.807) is 0 Å². The van der Waals surface area contributed by atoms with Gasteiger partial charge in [-0.3, -0.25) is 19.1 Å². The Kier molecular flexibility index (Phi) is 8.60. The molecule has 0 spiro atoms. The second-order valence-electron chi connectivity index (χ2n) is 6.40. The van der Waals surface area contributed by atoms with Gasteiger partial charge in [0, 0.05) is 31.2 Å². The van der Waals surface area contributed by atoms with E-state index >= 15 is 0 Å². The number of methoxy groups -OCH3 is 1. The van der Waals surface area contributed by atoms with Gasteiger partial charge in [0.1, 0.15) is 17.5 Å². The standard InChI is InChI=1S/C19H24F2N4O4S/c1-3-4-7-25-17(22)16(18(27)23-19(25)28)24(8-9-29-2)15(26)11-30-14-6-5-12(20)10-13(14)21/h5-6,10H,3-4,7-9,11,22H2,1-2H3,(H,23,27,28). The number of carbonyl (C=O) groups is 1. The quantitative estimate of drug-likeness (QED) is 0.545. The molecule has 0 aliphatic carbocycles. The normalized spacial score (nSPS) is 10.9. The maximum absolute atomic E-state index is 13.9. The first-order valence-electron chi connectivity index (χ1n) is 9.29. The Morgan fingerprint density at radius 1 is 1.33 bits per heavy atom. The van der Waals surface area contributed by atoms with Crippen molar-refractivity contribution in [3.8, 4) is 0 Å². The summed E-state index contributed by atoms with van der Waals surface area (Å²) in [6, 6.07) is 3.04. The number of aromatic amines is 1. The zero-order chi connectivity index (χ0) is 22.3. The van der Waals surface area contributed by atoms with Gasteiger partial charge in [-0.05, 0) is 18.6 Å². The highest BCUT2D eigenvalue weighted by molar-refractivity contribution is 8.00. The predicted octanol–water partition coefficient (Wildman–Crippen LogP) is 1.97. The van der Waals surface area contributed by atoms with Gasteiger partial charge in [0.15, 0.2) is 5.69 Å². The summed E-state index contributed by atoms with van der Waals surface area (Å²) < 4.78 is 33.1. The van der Waals surface area contributed by atoms with E-state index in [4.69, 9.17) is 10.5 Å². The molecule has 0 unspecified atom stereocenters. The number of hydrogen-bond donors (Lipinski definition) is 2. The van der Waals surface area contributed by atoms with Gasteiger partial charge in [-0.25, -0.2) is 13.6 Å². The van der Waals surface area contributed by atoms with E-state index in [0.717, 1.165) is 35.2 Å². The number of benzene rings is 1. The molecule has 11 heteroatoms. The SMILES string of the molecule is CCCCn1c(N)c(N(CCOC)C(=O)CSc2ccc(F)cc2F)c(=O)[nH]c1=O. The fourth-order valence-electron chi connectivity index (χ4n) is 2.73. The third kappa shape index (κ3) is 5.70. The number of nitrogen functional groups attached to an aromatic ring is 1. The maximum Gasteiger partial charge on any atom is 0.330 e. The van der Waals surface area contributed by atoms with E-state index < -0.39 is 28.8 Å². The van der Waals surface area contributed by atoms with E-state index in [0.29, 0.717) is 6.42 Å². The summed E-state index contributed by atoms with van der Waals surface area (Å²) in [6.45, 7) is 2.33. The van der Waals surface area contributed by atoms with Crippen LogP contribution in [-0.4, -0.2) is 41.5 Å². The molecule has 3 N–H and O–H groups in total. The van der Waals surface area contributed by atoms with Crippen molar-refractivity contribution in [2.45, 2.75) is 31.2 Å². The second-order valence-corrected chi connectivity index (χ2v) is 7.42. The molecule has 1 amide bonds. The van der Waals surface area contributed by atoms with E-state index in [-0.39, 0.29) is 41.8 Å². The number of carbonyl (C=O) groups excluding carboxylic acids is 1. The lowest BCUT2D eigenvalue weighted by Gasteiger charge is -2.24. The fraction of sp³-hybridized carbons (Fsp3) is 0.421. The number of H-pyrrole nitrogens is 1. The molecule has 1 heterocycles. The predicted molar refractivity (Wildman–Crippen MR) is 112 cm³/mol. The topological polar surface area (TPSA) is 110 Å². The van der Waals surface area contributed by atoms with Crippen LogP contribution in [0.3, 0.4) is 0 Å². The molecule has 30 heavy (non-hydrogen) atoms. The minimum atomic E-state index is -0.798. The maximum atomic E-state index is 13.9. The Balaban J connectivity index is 2.35. The van der Waals surface area contributed by atoms with E-state index in [1.807, 2.05) is 6.92 Å². The third-order valence-corrected chi connectivity index (χ3v) is 5.32. The Bertz CT molecular complexity index is 1010. The summed E-state index contributed by atoms with van der Waals surface area (Å²) in [4.78, 5) is 40.9. The number of thioether (sulfide) groups is 1. The Morgan fingerprint density at radius 2 is 2.07 bits per heavy atom. The average molecular weight is 442 g/mol. The fourth-order valence-corrected chi connectivity index (χ4v) is 3.53. The van der Waals surface area contributed by atoms with Crippen molar-refractivity contribution in [3.63, 3.8) is 0 Å². The molecule has 8 nitrogen and oxygen atoms in total. The van der Waals surface area contributed by atoms with E-state index in [9.17, 15) is 23.2 Å². The number of hydrogen-bond acceptors (Lipinski definition) is 6. The van der Waals surface area contributed by atoms with Crippen molar-refractivity contribution < 1.29 is 18.3 Å². The molecule has 0 aliphatic rings. The number of ether oxygens (including phenoxy) is 1. The van der Waals surface area contributed by atoms with Crippen LogP contribution >= 0.6 is 11.8 Å². The highest BCUT2D eigenvalue weighted by Crippen LogP contribution is 2.24. The molecule has 0 radical (unpaired) electrons. The van der Waals surface area contributed by atoms with Gasteiger partial charge >= 0.3 is 5.69 Å². The molecule has 1 aromatic heterocycles. The smallest absolute Gasteiger partial charge is 0.330 e. The molecular formula is C19H24F2N4O4S. The number of rotatable bonds is 10. The zero-order valence-electron chi connectivity index (χ0n) is 16.7. The molecule has 0 bridgehead atoms. The third-order valence-electron chi connectivity index (χ3n) is 4.28. The molecule has 0 fully saturated rings. The Hall–Kier alpha value is -2.66. The molecular weight excluding hydrogens is 418 g/mol. The second kappa shape index (κ2) is 10.9. The Labute approximate surface area is 176 Å². The number of aromatic nitrogens is 2. The van der Waals surface area contributed by atoms with Crippen LogP contribution in [0.15, 0.2) is 32.7 Å². The van der Waals surface area contributed by atoms with Crippen molar-refractivity contribution in [2.24, 2.45) is 0 Å². The molecule has 0 saturated heterocycles. The average Bonchev–Trinajstić information content (AvgIpc) is 2.69. The van der Waals surface area contributed by atoms with Crippen molar-refractivity contribution in [1.29, 1.82) is 0 Å². The molecule has 2 rings (SSSR count). The number of amides is 1. The Morgan fingerprint density at radius 3 is 2.70 bits per heavy atom. The van der Waals surface area contributed by atoms with Crippen molar-refractivity contribution in [2.75, 3.05) is 36.6 Å². The highest BCUT2D eigenvalue weighted by Gasteiger charge is 2.24. The minimum absolute atomic E-state index is 0.00105. The van der Waals surface area contributed by atoms with Gasteiger partial charge in [0.25, 0.3) is 5.56 Å². The molecule has 1 aromatic carbocycles. The van der Waals surface area contributed by atoms with Crippen molar-refractivity contribution >= 4 is 29.2 Å². The molecule has 0 atom stereocenters. The van der Waals surface area contributed by atoms with E-state index in [2.05, 4.69) is 4.98 Å². The van der Waals surface area contributed by atoms with Crippen molar-refractivity contribution in [1.82, 2.24) is 9.55 Å². The van der Waals surface area contributed by atoms with Gasteiger partial charge in [0.05, 0.1) is 12.4 Å². The van der Waals surface area contributed by atoms with Crippen LogP contribution in [0.2, 0.25) is 0 Å². The number of anilines is 2. The summed E-state index contributed by atoms with van der Waals surface area (Å²) in [5.74, 6) is -2.42. The van der Waals surface area contributed by atoms with Crippen LogP contribution < -0.4 is 21.9 Å². The van der Waals surface area contributed by atoms with Crippen LogP contribution in [0.5, 0.6) is 0 Å². The number of nitrogens with zero attached hydrogens (tertiary/aromatic N) is 2. The van der Waals surface area contributed by atoms with Crippen LogP contribution in [-0.2, 0) is 16.1 Å². The van der Waals surface area contributed by atoms with Crippen LogP contribution in [0.4, 0.5) is 20.3 Å². The number of nitrogens with two attached hydrogens (primary N) is 1. The zero-order valence-corrected chi connectivity index (χ0v) is 17.6. The summed E-state index contributed by atoms with van der Waals surface area (Å²) in [5.41, 5.74) is 4.47. The lowest BCUT2D eigenvalue weighted by molar-refractivity contribution is -0.116. The van der Waals surface area contributed by atoms with Crippen LogP contribution in [0.25, 0.3) is 0 Å². The number of halogens is 2. The first kappa shape index (κ1) is 23.6. The molecule has 2 aromatic rings. The first-order valence-corrected chi connectivity index (χ1v) is 10.3. The minimum Gasteiger partial charge on any atom is -0.383 e. The van der Waals surface area contributed by atoms with Gasteiger partial charge in [-0.1, -0.05) is 13.3 Å². The van der Waals surface area contributed by atoms with Gasteiger partial charge in [-0.15, -0.1) is 11.8 Å². The summed E-state index contributed by atoms with van der Waals surface area (Å²) in [7, 11) is 1.43. The van der Waals surface area contributed by atoms with Gasteiger partial charge < -0.3 is 15.4 Å². The lowest BCUT2D eigenvalue weighted by Crippen LogP contribution is -2.43. The number of unbranched alkanes of at least 4 members (excludes halogenated alkanes) is 1. The molecule has 0 saturated carbocycles. The first-order chi connectivity index (χ1) is 14.3. The molecule has 164 valence electrons. The lowest BCUT2D eigenvalue weighted by atomic mass is 10.3. The van der Waals surface area contributed by atoms with Crippen molar-refractivity contribution in [3.05, 3.63) is 50.7 Å². The van der Waals surface area contributed by atoms with Crippen LogP contribution in [0, 0.1) is 11.6 Å². The summed E-state index contributed by atoms with van der Waals surface area (Å²) in [6.07, 6.45) is 1.45. The van der Waals surface area contributed by atoms with Crippen LogP contribution in [0.1, 0.15) is 19.8 Å². The monoisotopic (exact) mass is 442 g/mol. The largest absolute Gasteiger partial charge is 0.383 e. The number of nitrogens with one attached hydrogen (secondary N) is 1. The van der Waals surface area contributed by atoms with Gasteiger partial charge in [0.2, 0.25) is 5.91 Å². The summed E-state index contributed by atoms with van der Waals surface area (Å²) >= 11 is 0.858. The highest BCUT2D eigenvalue weighted by atomic mass is 32.2. The molecule has 0 aliphatic heterocycles. The summed E-state index contributed by atoms with van der Waals surface area (Å²) in [5, 5.41) is 0.